The Hall–Kier alpha value is -1.92. The van der Waals surface area contributed by atoms with Gasteiger partial charge in [-0.05, 0) is 107 Å². The van der Waals surface area contributed by atoms with E-state index < -0.39 is 0 Å². The first kappa shape index (κ1) is 27.1. The van der Waals surface area contributed by atoms with E-state index in [1.54, 1.807) is 0 Å². The Morgan fingerprint density at radius 3 is 2.50 bits per heavy atom. The second-order valence-corrected chi connectivity index (χ2v) is 13.2. The van der Waals surface area contributed by atoms with Crippen LogP contribution in [0.25, 0.3) is 0 Å². The number of carbonyl (C=O) groups excluding carboxylic acids is 1. The molecule has 0 aliphatic carbocycles. The lowest BCUT2D eigenvalue weighted by atomic mass is 9.87. The first-order chi connectivity index (χ1) is 17.1. The maximum absolute atomic E-state index is 13.7. The highest BCUT2D eigenvalue weighted by atomic mass is 32.1. The van der Waals surface area contributed by atoms with Crippen molar-refractivity contribution in [1.82, 2.24) is 14.8 Å². The minimum atomic E-state index is -0.0724. The molecule has 2 aromatic rings. The Kier molecular flexibility index (Phi) is 8.45. The van der Waals surface area contributed by atoms with Crippen LogP contribution in [-0.2, 0) is 19.4 Å². The largest absolute Gasteiger partial charge is 0.334 e. The number of rotatable bonds is 8. The van der Waals surface area contributed by atoms with Crippen LogP contribution in [0.15, 0.2) is 10.9 Å². The normalized spacial score (nSPS) is 17.9. The molecule has 4 heterocycles. The number of piperidine rings is 1. The zero-order valence-electron chi connectivity index (χ0n) is 23.3. The third kappa shape index (κ3) is 6.13. The Labute approximate surface area is 221 Å². The second kappa shape index (κ2) is 11.2. The van der Waals surface area contributed by atoms with Gasteiger partial charge in [0.1, 0.15) is 0 Å². The number of H-pyrrole nitrogens is 1. The van der Waals surface area contributed by atoms with Crippen LogP contribution in [-0.4, -0.2) is 46.9 Å². The summed E-state index contributed by atoms with van der Waals surface area (Å²) >= 11 is 1.87. The summed E-state index contributed by atoms with van der Waals surface area (Å²) in [5.41, 5.74) is 4.97. The highest BCUT2D eigenvalue weighted by Gasteiger charge is 2.29. The van der Waals surface area contributed by atoms with Crippen molar-refractivity contribution < 1.29 is 4.79 Å². The molecule has 4 rings (SSSR count). The Morgan fingerprint density at radius 2 is 1.83 bits per heavy atom. The van der Waals surface area contributed by atoms with Gasteiger partial charge in [0.25, 0.3) is 11.5 Å². The van der Waals surface area contributed by atoms with Gasteiger partial charge in [-0.1, -0.05) is 20.8 Å². The first-order valence-corrected chi connectivity index (χ1v) is 14.7. The van der Waals surface area contributed by atoms with Crippen LogP contribution in [0.5, 0.6) is 0 Å². The number of nitrogens with one attached hydrogen (secondary N) is 1. The van der Waals surface area contributed by atoms with E-state index in [2.05, 4.69) is 37.6 Å². The van der Waals surface area contributed by atoms with Gasteiger partial charge in [-0.3, -0.25) is 9.59 Å². The van der Waals surface area contributed by atoms with Gasteiger partial charge < -0.3 is 14.8 Å². The van der Waals surface area contributed by atoms with Gasteiger partial charge in [0.05, 0.1) is 12.1 Å². The number of carbonyl (C=O) groups is 1. The number of aryl methyl sites for hydroxylation is 4. The van der Waals surface area contributed by atoms with Gasteiger partial charge in [0.2, 0.25) is 0 Å². The predicted octanol–water partition coefficient (Wildman–Crippen LogP) is 6.03. The summed E-state index contributed by atoms with van der Waals surface area (Å²) in [6, 6.07) is 1.99. The minimum Gasteiger partial charge on any atom is -0.334 e. The van der Waals surface area contributed by atoms with E-state index in [9.17, 15) is 9.59 Å². The molecule has 6 heteroatoms. The molecule has 36 heavy (non-hydrogen) atoms. The molecule has 0 saturated carbocycles. The number of aromatic amines is 1. The zero-order chi connectivity index (χ0) is 26.0. The number of hydrogen-bond donors (Lipinski definition) is 1. The molecular formula is C30H45N3O2S. The molecule has 2 aliphatic heterocycles. The van der Waals surface area contributed by atoms with Crippen LogP contribution >= 0.6 is 11.3 Å². The van der Waals surface area contributed by atoms with E-state index in [1.807, 2.05) is 36.2 Å². The molecule has 198 valence electrons. The number of likely N-dealkylation sites (tertiary alicyclic amines) is 1. The Balaban J connectivity index is 1.40. The van der Waals surface area contributed by atoms with Gasteiger partial charge in [-0.15, -0.1) is 11.3 Å². The average Bonchev–Trinajstić information content (AvgIpc) is 3.04. The summed E-state index contributed by atoms with van der Waals surface area (Å²) < 4.78 is 0. The average molecular weight is 512 g/mol. The van der Waals surface area contributed by atoms with Gasteiger partial charge in [0, 0.05) is 34.1 Å². The summed E-state index contributed by atoms with van der Waals surface area (Å²) in [5.74, 6) is 0.893. The lowest BCUT2D eigenvalue weighted by Crippen LogP contribution is -2.39. The molecule has 0 radical (unpaired) electrons. The fraction of sp³-hybridized carbons (Fsp3) is 0.667. The topological polar surface area (TPSA) is 56.4 Å². The van der Waals surface area contributed by atoms with Gasteiger partial charge in [-0.25, -0.2) is 0 Å². The van der Waals surface area contributed by atoms with Crippen molar-refractivity contribution in [3.05, 3.63) is 54.1 Å². The number of aromatic nitrogens is 1. The lowest BCUT2D eigenvalue weighted by Gasteiger charge is -2.37. The fourth-order valence-electron chi connectivity index (χ4n) is 5.91. The number of pyridine rings is 1. The molecule has 0 atom stereocenters. The molecule has 0 aromatic carbocycles. The Morgan fingerprint density at radius 1 is 1.11 bits per heavy atom. The van der Waals surface area contributed by atoms with E-state index in [1.165, 1.54) is 60.6 Å². The number of fused-ring (bicyclic) bond motifs is 1. The minimum absolute atomic E-state index is 0.0724. The third-order valence-corrected chi connectivity index (χ3v) is 10.0. The molecule has 1 fully saturated rings. The number of hydrogen-bond acceptors (Lipinski definition) is 4. The fourth-order valence-corrected chi connectivity index (χ4v) is 7.28. The molecule has 0 spiro atoms. The van der Waals surface area contributed by atoms with Crippen molar-refractivity contribution in [2.75, 3.05) is 26.2 Å². The van der Waals surface area contributed by atoms with E-state index in [4.69, 9.17) is 0 Å². The van der Waals surface area contributed by atoms with Crippen LogP contribution < -0.4 is 5.56 Å². The van der Waals surface area contributed by atoms with Crippen LogP contribution in [0, 0.1) is 32.1 Å². The van der Waals surface area contributed by atoms with Crippen molar-refractivity contribution in [2.45, 2.75) is 93.0 Å². The lowest BCUT2D eigenvalue weighted by molar-refractivity contribution is 0.0747. The van der Waals surface area contributed by atoms with Crippen molar-refractivity contribution in [2.24, 2.45) is 11.3 Å². The van der Waals surface area contributed by atoms with E-state index in [-0.39, 0.29) is 11.5 Å². The number of thiophene rings is 1. The van der Waals surface area contributed by atoms with Crippen LogP contribution in [0.3, 0.4) is 0 Å². The quantitative estimate of drug-likeness (QED) is 0.471. The molecular weight excluding hydrogens is 466 g/mol. The van der Waals surface area contributed by atoms with Crippen molar-refractivity contribution in [3.63, 3.8) is 0 Å². The van der Waals surface area contributed by atoms with E-state index in [0.717, 1.165) is 42.0 Å². The summed E-state index contributed by atoms with van der Waals surface area (Å²) in [7, 11) is 0. The smallest absolute Gasteiger partial charge is 0.255 e. The predicted molar refractivity (Wildman–Crippen MR) is 150 cm³/mol. The second-order valence-electron chi connectivity index (χ2n) is 12.0. The number of amides is 1. The van der Waals surface area contributed by atoms with Gasteiger partial charge in [-0.2, -0.15) is 0 Å². The SMILES string of the molecule is CCC(C)(C)CN1CCC(CCc2sc3c(c2C)C(=O)N(Cc2c(C)cc(C)[nH]c2=O)CCC3)CC1. The summed E-state index contributed by atoms with van der Waals surface area (Å²) in [5, 5.41) is 0. The molecule has 0 bridgehead atoms. The summed E-state index contributed by atoms with van der Waals surface area (Å²) in [6.07, 6.45) is 8.03. The third-order valence-electron chi connectivity index (χ3n) is 8.59. The molecule has 1 N–H and O–H groups in total. The zero-order valence-corrected chi connectivity index (χ0v) is 24.1. The van der Waals surface area contributed by atoms with Crippen molar-refractivity contribution in [1.29, 1.82) is 0 Å². The molecule has 1 amide bonds. The number of nitrogens with zero attached hydrogens (tertiary/aromatic N) is 2. The first-order valence-electron chi connectivity index (χ1n) is 13.9. The monoisotopic (exact) mass is 511 g/mol. The van der Waals surface area contributed by atoms with Crippen LogP contribution in [0.4, 0.5) is 0 Å². The maximum atomic E-state index is 13.7. The van der Waals surface area contributed by atoms with Crippen molar-refractivity contribution in [3.8, 4) is 0 Å². The Bertz CT molecular complexity index is 1140. The molecule has 2 aliphatic rings. The highest BCUT2D eigenvalue weighted by molar-refractivity contribution is 7.12. The molecule has 1 saturated heterocycles. The van der Waals surface area contributed by atoms with Crippen LogP contribution in [0.2, 0.25) is 0 Å². The summed E-state index contributed by atoms with van der Waals surface area (Å²) in [4.78, 5) is 36.4. The molecule has 5 nitrogen and oxygen atoms in total. The molecule has 0 unspecified atom stereocenters. The van der Waals surface area contributed by atoms with Gasteiger partial charge >= 0.3 is 0 Å². The van der Waals surface area contributed by atoms with Crippen LogP contribution in [0.1, 0.15) is 95.4 Å². The summed E-state index contributed by atoms with van der Waals surface area (Å²) in [6.45, 7) is 17.8. The van der Waals surface area contributed by atoms with Gasteiger partial charge in [0.15, 0.2) is 0 Å². The van der Waals surface area contributed by atoms with Crippen molar-refractivity contribution >= 4 is 17.2 Å². The standard InChI is InChI=1S/C30H45N3O2S/c1-7-30(5,6)19-32-15-12-23(13-16-32)10-11-25-22(4)27-26(36-25)9-8-14-33(29(27)35)18-24-20(2)17-21(3)31-28(24)34/h17,23H,7-16,18-19H2,1-6H3,(H,31,34). The van der Waals surface area contributed by atoms with E-state index in [0.29, 0.717) is 24.1 Å². The van der Waals surface area contributed by atoms with E-state index >= 15 is 0 Å². The molecule has 2 aromatic heterocycles. The highest BCUT2D eigenvalue weighted by Crippen LogP contribution is 2.35. The maximum Gasteiger partial charge on any atom is 0.255 e.